The lowest BCUT2D eigenvalue weighted by Crippen LogP contribution is -2.37. The third-order valence-electron chi connectivity index (χ3n) is 4.83. The molecular weight excluding hydrogens is 352 g/mol. The number of amides is 1. The van der Waals surface area contributed by atoms with Crippen LogP contribution in [0.15, 0.2) is 40.2 Å². The first-order valence-electron chi connectivity index (χ1n) is 8.48. The molecule has 0 bridgehead atoms. The molecule has 1 aromatic carbocycles. The molecule has 0 radical (unpaired) electrons. The summed E-state index contributed by atoms with van der Waals surface area (Å²) in [6.45, 7) is 1.32. The highest BCUT2D eigenvalue weighted by Crippen LogP contribution is 2.31. The van der Waals surface area contributed by atoms with Crippen LogP contribution in [0.5, 0.6) is 0 Å². The van der Waals surface area contributed by atoms with Gasteiger partial charge in [-0.2, -0.15) is 0 Å². The van der Waals surface area contributed by atoms with Gasteiger partial charge in [-0.1, -0.05) is 23.4 Å². The third kappa shape index (κ3) is 2.99. The maximum Gasteiger partial charge on any atom is 0.376 e. The van der Waals surface area contributed by atoms with Crippen molar-refractivity contribution in [3.05, 3.63) is 52.7 Å². The molecule has 0 aliphatic carbocycles. The Balaban J connectivity index is 1.44. The van der Waals surface area contributed by atoms with Gasteiger partial charge in [-0.3, -0.25) is 4.79 Å². The number of carbonyl (C=O) groups excluding carboxylic acids is 2. The summed E-state index contributed by atoms with van der Waals surface area (Å²) in [5.74, 6) is -0.150. The number of likely N-dealkylation sites (tertiary alicyclic amines) is 1. The topological polar surface area (TPSA) is 72.6 Å². The van der Waals surface area contributed by atoms with Crippen molar-refractivity contribution in [2.24, 2.45) is 0 Å². The number of hydrogen-bond acceptors (Lipinski definition) is 6. The third-order valence-corrected chi connectivity index (χ3v) is 5.79. The maximum atomic E-state index is 12.9. The van der Waals surface area contributed by atoms with Gasteiger partial charge in [-0.15, -0.1) is 11.3 Å². The van der Waals surface area contributed by atoms with Crippen molar-refractivity contribution in [3.63, 3.8) is 0 Å². The van der Waals surface area contributed by atoms with Crippen LogP contribution >= 0.6 is 11.3 Å². The quantitative estimate of drug-likeness (QED) is 0.658. The van der Waals surface area contributed by atoms with Crippen LogP contribution in [0.3, 0.4) is 0 Å². The second-order valence-electron chi connectivity index (χ2n) is 6.32. The van der Waals surface area contributed by atoms with E-state index in [0.717, 1.165) is 34.2 Å². The Morgan fingerprint density at radius 2 is 2.04 bits per heavy atom. The van der Waals surface area contributed by atoms with Crippen LogP contribution in [0.1, 0.15) is 45.4 Å². The predicted molar refractivity (Wildman–Crippen MR) is 97.5 cm³/mol. The summed E-state index contributed by atoms with van der Waals surface area (Å²) >= 11 is 1.60. The summed E-state index contributed by atoms with van der Waals surface area (Å²) in [4.78, 5) is 26.3. The second kappa shape index (κ2) is 6.92. The van der Waals surface area contributed by atoms with Gasteiger partial charge in [-0.25, -0.2) is 4.79 Å². The monoisotopic (exact) mass is 370 g/mol. The molecule has 0 unspecified atom stereocenters. The number of hydrogen-bond donors (Lipinski definition) is 0. The highest BCUT2D eigenvalue weighted by Gasteiger charge is 2.28. The standard InChI is InChI=1S/C19H18N2O4S/c1-24-19(23)16-10-15(20-25-16)12-6-8-21(9-7-12)18(22)14-11-26-17-5-3-2-4-13(14)17/h2-5,10-12H,6-9H2,1H3. The van der Waals surface area contributed by atoms with Crippen molar-refractivity contribution in [1.29, 1.82) is 0 Å². The molecule has 4 rings (SSSR count). The first-order valence-corrected chi connectivity index (χ1v) is 9.36. The number of esters is 1. The van der Waals surface area contributed by atoms with E-state index < -0.39 is 5.97 Å². The fourth-order valence-corrected chi connectivity index (χ4v) is 4.30. The maximum absolute atomic E-state index is 12.9. The van der Waals surface area contributed by atoms with E-state index in [0.29, 0.717) is 13.1 Å². The van der Waals surface area contributed by atoms with E-state index in [9.17, 15) is 9.59 Å². The van der Waals surface area contributed by atoms with Gasteiger partial charge >= 0.3 is 5.97 Å². The van der Waals surface area contributed by atoms with E-state index in [-0.39, 0.29) is 17.6 Å². The number of rotatable bonds is 3. The molecule has 1 aliphatic heterocycles. The van der Waals surface area contributed by atoms with Gasteiger partial charge in [0.1, 0.15) is 0 Å². The molecule has 0 spiro atoms. The van der Waals surface area contributed by atoms with E-state index in [1.165, 1.54) is 7.11 Å². The number of methoxy groups -OCH3 is 1. The molecule has 1 fully saturated rings. The zero-order valence-corrected chi connectivity index (χ0v) is 15.1. The number of piperidine rings is 1. The lowest BCUT2D eigenvalue weighted by Gasteiger charge is -2.31. The number of nitrogens with zero attached hydrogens (tertiary/aromatic N) is 2. The smallest absolute Gasteiger partial charge is 0.376 e. The Morgan fingerprint density at radius 3 is 2.81 bits per heavy atom. The molecule has 6 nitrogen and oxygen atoms in total. The minimum atomic E-state index is -0.527. The van der Waals surface area contributed by atoms with Crippen LogP contribution < -0.4 is 0 Å². The lowest BCUT2D eigenvalue weighted by atomic mass is 9.93. The van der Waals surface area contributed by atoms with Crippen LogP contribution in [0, 0.1) is 0 Å². The van der Waals surface area contributed by atoms with E-state index in [1.54, 1.807) is 17.4 Å². The van der Waals surface area contributed by atoms with Crippen molar-refractivity contribution in [1.82, 2.24) is 10.1 Å². The molecule has 1 amide bonds. The van der Waals surface area contributed by atoms with Crippen LogP contribution in [-0.4, -0.2) is 42.1 Å². The second-order valence-corrected chi connectivity index (χ2v) is 7.23. The molecule has 0 atom stereocenters. The largest absolute Gasteiger partial charge is 0.463 e. The summed E-state index contributed by atoms with van der Waals surface area (Å²) in [5, 5.41) is 6.95. The van der Waals surface area contributed by atoms with E-state index in [1.807, 2.05) is 34.5 Å². The summed E-state index contributed by atoms with van der Waals surface area (Å²) < 4.78 is 10.8. The molecule has 1 saturated heterocycles. The van der Waals surface area contributed by atoms with Crippen LogP contribution in [0.2, 0.25) is 0 Å². The first-order chi connectivity index (χ1) is 12.7. The molecule has 26 heavy (non-hydrogen) atoms. The number of benzene rings is 1. The van der Waals surface area contributed by atoms with Crippen LogP contribution in [0.25, 0.3) is 10.1 Å². The average molecular weight is 370 g/mol. The van der Waals surface area contributed by atoms with Gasteiger partial charge in [0.05, 0.1) is 18.4 Å². The Hall–Kier alpha value is -2.67. The van der Waals surface area contributed by atoms with Crippen molar-refractivity contribution < 1.29 is 18.8 Å². The number of aromatic nitrogens is 1. The Bertz CT molecular complexity index is 953. The zero-order chi connectivity index (χ0) is 18.1. The van der Waals surface area contributed by atoms with Gasteiger partial charge in [0.15, 0.2) is 0 Å². The van der Waals surface area contributed by atoms with Crippen molar-refractivity contribution in [2.75, 3.05) is 20.2 Å². The minimum absolute atomic E-state index is 0.0799. The molecule has 0 saturated carbocycles. The molecule has 7 heteroatoms. The summed E-state index contributed by atoms with van der Waals surface area (Å²) in [6.07, 6.45) is 1.59. The Kier molecular flexibility index (Phi) is 4.46. The van der Waals surface area contributed by atoms with E-state index in [4.69, 9.17) is 4.52 Å². The fourth-order valence-electron chi connectivity index (χ4n) is 3.37. The van der Waals surface area contributed by atoms with E-state index >= 15 is 0 Å². The molecule has 3 aromatic rings. The van der Waals surface area contributed by atoms with Crippen LogP contribution in [0.4, 0.5) is 0 Å². The SMILES string of the molecule is COC(=O)c1cc(C2CCN(C(=O)c3csc4ccccc34)CC2)no1. The highest BCUT2D eigenvalue weighted by molar-refractivity contribution is 7.17. The van der Waals surface area contributed by atoms with Crippen LogP contribution in [-0.2, 0) is 4.74 Å². The number of fused-ring (bicyclic) bond motifs is 1. The van der Waals surface area contributed by atoms with E-state index in [2.05, 4.69) is 9.89 Å². The molecule has 0 N–H and O–H groups in total. The molecule has 3 heterocycles. The number of ether oxygens (including phenoxy) is 1. The van der Waals surface area contributed by atoms with Gasteiger partial charge < -0.3 is 14.2 Å². The lowest BCUT2D eigenvalue weighted by molar-refractivity contribution is 0.0553. The zero-order valence-electron chi connectivity index (χ0n) is 14.3. The summed E-state index contributed by atoms with van der Waals surface area (Å²) in [6, 6.07) is 9.61. The van der Waals surface area contributed by atoms with Gasteiger partial charge in [0, 0.05) is 40.5 Å². The van der Waals surface area contributed by atoms with Crippen molar-refractivity contribution in [3.8, 4) is 0 Å². The summed E-state index contributed by atoms with van der Waals surface area (Å²) in [7, 11) is 1.31. The number of thiophene rings is 1. The van der Waals surface area contributed by atoms with Crippen molar-refractivity contribution in [2.45, 2.75) is 18.8 Å². The number of carbonyl (C=O) groups is 2. The van der Waals surface area contributed by atoms with Crippen molar-refractivity contribution >= 4 is 33.3 Å². The minimum Gasteiger partial charge on any atom is -0.463 e. The molecular formula is C19H18N2O4S. The van der Waals surface area contributed by atoms with Gasteiger partial charge in [-0.05, 0) is 18.9 Å². The van der Waals surface area contributed by atoms with Gasteiger partial charge in [0.2, 0.25) is 5.76 Å². The molecule has 1 aliphatic rings. The summed E-state index contributed by atoms with van der Waals surface area (Å²) in [5.41, 5.74) is 1.52. The Morgan fingerprint density at radius 1 is 1.27 bits per heavy atom. The molecule has 2 aromatic heterocycles. The first kappa shape index (κ1) is 16.8. The predicted octanol–water partition coefficient (Wildman–Crippen LogP) is 3.70. The average Bonchev–Trinajstić information content (AvgIpc) is 3.34. The normalized spacial score (nSPS) is 15.3. The Labute approximate surface area is 154 Å². The highest BCUT2D eigenvalue weighted by atomic mass is 32.1. The van der Waals surface area contributed by atoms with Gasteiger partial charge in [0.25, 0.3) is 5.91 Å². The fraction of sp³-hybridized carbons (Fsp3) is 0.316. The molecule has 134 valence electrons.